The quantitative estimate of drug-likeness (QED) is 0.904. The van der Waals surface area contributed by atoms with Crippen molar-refractivity contribution in [2.24, 2.45) is 0 Å². The van der Waals surface area contributed by atoms with Crippen LogP contribution in [0.3, 0.4) is 0 Å². The summed E-state index contributed by atoms with van der Waals surface area (Å²) in [6.07, 6.45) is 1.19. The number of pyridine rings is 1. The molecule has 1 amide bonds. The molecule has 0 bridgehead atoms. The third-order valence-corrected chi connectivity index (χ3v) is 4.07. The summed E-state index contributed by atoms with van der Waals surface area (Å²) < 4.78 is 5.46. The van der Waals surface area contributed by atoms with Crippen LogP contribution in [0.2, 0.25) is 0 Å². The molecule has 23 heavy (non-hydrogen) atoms. The fourth-order valence-corrected chi connectivity index (χ4v) is 2.89. The van der Waals surface area contributed by atoms with E-state index in [0.29, 0.717) is 18.6 Å². The van der Waals surface area contributed by atoms with Gasteiger partial charge >= 0.3 is 0 Å². The van der Waals surface area contributed by atoms with E-state index in [2.05, 4.69) is 10.3 Å². The summed E-state index contributed by atoms with van der Waals surface area (Å²) >= 11 is 0. The van der Waals surface area contributed by atoms with Crippen molar-refractivity contribution in [2.75, 3.05) is 6.61 Å². The Hall–Kier alpha value is -2.56. The van der Waals surface area contributed by atoms with Gasteiger partial charge in [0.05, 0.1) is 13.0 Å². The van der Waals surface area contributed by atoms with E-state index in [0.717, 1.165) is 34.6 Å². The number of aromatic nitrogens is 1. The molecule has 1 aliphatic rings. The summed E-state index contributed by atoms with van der Waals surface area (Å²) in [6.45, 7) is 4.67. The zero-order valence-electron chi connectivity index (χ0n) is 13.4. The van der Waals surface area contributed by atoms with Crippen molar-refractivity contribution in [3.63, 3.8) is 0 Å². The second kappa shape index (κ2) is 6.28. The molecule has 1 aliphatic heterocycles. The second-order valence-corrected chi connectivity index (χ2v) is 5.94. The van der Waals surface area contributed by atoms with Gasteiger partial charge in [-0.3, -0.25) is 9.59 Å². The van der Waals surface area contributed by atoms with E-state index >= 15 is 0 Å². The molecular weight excluding hydrogens is 292 g/mol. The molecule has 1 aromatic carbocycles. The molecule has 0 radical (unpaired) electrons. The van der Waals surface area contributed by atoms with E-state index in [1.165, 1.54) is 0 Å². The molecule has 0 unspecified atom stereocenters. The van der Waals surface area contributed by atoms with Gasteiger partial charge in [0.25, 0.3) is 5.56 Å². The maximum atomic E-state index is 12.1. The average molecular weight is 312 g/mol. The lowest BCUT2D eigenvalue weighted by atomic mass is 10.1. The first-order valence-corrected chi connectivity index (χ1v) is 7.73. The molecule has 0 spiro atoms. The number of ether oxygens (including phenoxy) is 1. The van der Waals surface area contributed by atoms with Crippen molar-refractivity contribution in [2.45, 2.75) is 33.2 Å². The highest BCUT2D eigenvalue weighted by Crippen LogP contribution is 2.25. The highest BCUT2D eigenvalue weighted by Gasteiger charge is 2.13. The van der Waals surface area contributed by atoms with Crippen LogP contribution in [0.15, 0.2) is 29.1 Å². The number of hydrogen-bond donors (Lipinski definition) is 2. The van der Waals surface area contributed by atoms with Crippen LogP contribution in [0, 0.1) is 13.8 Å². The molecule has 2 heterocycles. The fourth-order valence-electron chi connectivity index (χ4n) is 2.89. The number of fused-ring (bicyclic) bond motifs is 1. The van der Waals surface area contributed by atoms with Crippen molar-refractivity contribution in [1.82, 2.24) is 10.3 Å². The first-order chi connectivity index (χ1) is 11.0. The van der Waals surface area contributed by atoms with E-state index in [1.54, 1.807) is 0 Å². The van der Waals surface area contributed by atoms with Gasteiger partial charge in [-0.1, -0.05) is 12.1 Å². The van der Waals surface area contributed by atoms with Crippen LogP contribution in [-0.2, 0) is 24.2 Å². The molecule has 120 valence electrons. The Kier molecular flexibility index (Phi) is 4.19. The number of benzene rings is 1. The van der Waals surface area contributed by atoms with Gasteiger partial charge in [-0.15, -0.1) is 0 Å². The van der Waals surface area contributed by atoms with E-state index in [1.807, 2.05) is 38.1 Å². The highest BCUT2D eigenvalue weighted by molar-refractivity contribution is 5.78. The molecule has 2 aromatic rings. The normalized spacial score (nSPS) is 12.6. The predicted molar refractivity (Wildman–Crippen MR) is 87.7 cm³/mol. The monoisotopic (exact) mass is 312 g/mol. The molecule has 1 aromatic heterocycles. The minimum absolute atomic E-state index is 0.0942. The number of H-pyrrole nitrogens is 1. The van der Waals surface area contributed by atoms with Gasteiger partial charge in [0.2, 0.25) is 5.91 Å². The average Bonchev–Trinajstić information content (AvgIpc) is 2.93. The summed E-state index contributed by atoms with van der Waals surface area (Å²) in [7, 11) is 0. The number of carbonyl (C=O) groups excluding carboxylic acids is 1. The standard InChI is InChI=1S/C18H20N2O3/c1-11-7-12(2)20-18(22)15(11)10-19-17(21)9-13-3-4-16-14(8-13)5-6-23-16/h3-4,7-8H,5-6,9-10H2,1-2H3,(H,19,21)(H,20,22). The van der Waals surface area contributed by atoms with Crippen LogP contribution in [0.4, 0.5) is 0 Å². The SMILES string of the molecule is Cc1cc(C)c(CNC(=O)Cc2ccc3c(c2)CCO3)c(=O)[nH]1. The molecule has 5 nitrogen and oxygen atoms in total. The van der Waals surface area contributed by atoms with E-state index in [-0.39, 0.29) is 18.0 Å². The highest BCUT2D eigenvalue weighted by atomic mass is 16.5. The van der Waals surface area contributed by atoms with Crippen LogP contribution in [-0.4, -0.2) is 17.5 Å². The Balaban J connectivity index is 1.63. The molecule has 2 N–H and O–H groups in total. The molecule has 0 aliphatic carbocycles. The Labute approximate surface area is 134 Å². The zero-order valence-corrected chi connectivity index (χ0v) is 13.4. The molecule has 3 rings (SSSR count). The van der Waals surface area contributed by atoms with Crippen LogP contribution >= 0.6 is 0 Å². The minimum Gasteiger partial charge on any atom is -0.493 e. The molecule has 0 saturated heterocycles. The topological polar surface area (TPSA) is 71.2 Å². The summed E-state index contributed by atoms with van der Waals surface area (Å²) in [6, 6.07) is 7.75. The van der Waals surface area contributed by atoms with Gasteiger partial charge in [-0.25, -0.2) is 0 Å². The third kappa shape index (κ3) is 3.44. The molecule has 5 heteroatoms. The number of nitrogens with one attached hydrogen (secondary N) is 2. The van der Waals surface area contributed by atoms with E-state index < -0.39 is 0 Å². The minimum atomic E-state index is -0.141. The van der Waals surface area contributed by atoms with Crippen molar-refractivity contribution in [3.8, 4) is 5.75 Å². The zero-order chi connectivity index (χ0) is 16.4. The number of rotatable bonds is 4. The number of amides is 1. The first-order valence-electron chi connectivity index (χ1n) is 7.73. The molecule has 0 fully saturated rings. The van der Waals surface area contributed by atoms with Crippen LogP contribution in [0.1, 0.15) is 27.9 Å². The molecule has 0 atom stereocenters. The van der Waals surface area contributed by atoms with Gasteiger partial charge in [0.15, 0.2) is 0 Å². The van der Waals surface area contributed by atoms with Gasteiger partial charge in [-0.2, -0.15) is 0 Å². The smallest absolute Gasteiger partial charge is 0.253 e. The van der Waals surface area contributed by atoms with E-state index in [4.69, 9.17) is 4.74 Å². The van der Waals surface area contributed by atoms with Crippen LogP contribution < -0.4 is 15.6 Å². The van der Waals surface area contributed by atoms with Gasteiger partial charge in [0, 0.05) is 24.2 Å². The number of carbonyl (C=O) groups is 1. The molecule has 0 saturated carbocycles. The Morgan fingerprint density at radius 3 is 2.91 bits per heavy atom. The maximum absolute atomic E-state index is 12.1. The van der Waals surface area contributed by atoms with Crippen LogP contribution in [0.25, 0.3) is 0 Å². The second-order valence-electron chi connectivity index (χ2n) is 5.94. The van der Waals surface area contributed by atoms with Crippen molar-refractivity contribution < 1.29 is 9.53 Å². The number of aryl methyl sites for hydroxylation is 2. The summed E-state index contributed by atoms with van der Waals surface area (Å²) in [5.41, 5.74) is 4.29. The largest absolute Gasteiger partial charge is 0.493 e. The Morgan fingerprint density at radius 2 is 2.13 bits per heavy atom. The molecular formula is C18H20N2O3. The van der Waals surface area contributed by atoms with Crippen molar-refractivity contribution in [1.29, 1.82) is 0 Å². The van der Waals surface area contributed by atoms with Crippen LogP contribution in [0.5, 0.6) is 5.75 Å². The Bertz CT molecular complexity index is 808. The lowest BCUT2D eigenvalue weighted by Gasteiger charge is -2.09. The summed E-state index contributed by atoms with van der Waals surface area (Å²) in [4.78, 5) is 26.8. The number of aromatic amines is 1. The van der Waals surface area contributed by atoms with E-state index in [9.17, 15) is 9.59 Å². The number of hydrogen-bond acceptors (Lipinski definition) is 3. The maximum Gasteiger partial charge on any atom is 0.253 e. The fraction of sp³-hybridized carbons (Fsp3) is 0.333. The van der Waals surface area contributed by atoms with Gasteiger partial charge < -0.3 is 15.0 Å². The lowest BCUT2D eigenvalue weighted by Crippen LogP contribution is -2.29. The first kappa shape index (κ1) is 15.3. The van der Waals surface area contributed by atoms with Gasteiger partial charge in [0.1, 0.15) is 5.75 Å². The third-order valence-electron chi connectivity index (χ3n) is 4.07. The van der Waals surface area contributed by atoms with Crippen molar-refractivity contribution >= 4 is 5.91 Å². The van der Waals surface area contributed by atoms with Gasteiger partial charge in [-0.05, 0) is 42.7 Å². The predicted octanol–water partition coefficient (Wildman–Crippen LogP) is 1.79. The lowest BCUT2D eigenvalue weighted by molar-refractivity contribution is -0.120. The summed E-state index contributed by atoms with van der Waals surface area (Å²) in [5.74, 6) is 0.819. The van der Waals surface area contributed by atoms with Crippen molar-refractivity contribution in [3.05, 3.63) is 62.6 Å². The summed E-state index contributed by atoms with van der Waals surface area (Å²) in [5, 5.41) is 2.83. The Morgan fingerprint density at radius 1 is 1.30 bits per heavy atom.